The fourth-order valence-corrected chi connectivity index (χ4v) is 5.78. The molecule has 174 valence electrons. The highest BCUT2D eigenvalue weighted by molar-refractivity contribution is 7.89. The second kappa shape index (κ2) is 10.3. The maximum Gasteiger partial charge on any atom is 0.220 e. The molecule has 7 nitrogen and oxygen atoms in total. The number of likely N-dealkylation sites (tertiary alicyclic amines) is 1. The van der Waals surface area contributed by atoms with Gasteiger partial charge in [0.15, 0.2) is 0 Å². The lowest BCUT2D eigenvalue weighted by Crippen LogP contribution is -2.57. The summed E-state index contributed by atoms with van der Waals surface area (Å²) in [6, 6.07) is 19.0. The molecule has 0 saturated carbocycles. The summed E-state index contributed by atoms with van der Waals surface area (Å²) in [6.45, 7) is 2.34. The van der Waals surface area contributed by atoms with E-state index >= 15 is 0 Å². The van der Waals surface area contributed by atoms with Gasteiger partial charge in [-0.25, -0.2) is 8.42 Å². The lowest BCUT2D eigenvalue weighted by molar-refractivity contribution is 0.170. The van der Waals surface area contributed by atoms with Crippen LogP contribution < -0.4 is 9.47 Å². The lowest BCUT2D eigenvalue weighted by atomic mass is 10.2. The van der Waals surface area contributed by atoms with Gasteiger partial charge in [-0.1, -0.05) is 30.3 Å². The third-order valence-corrected chi connectivity index (χ3v) is 7.99. The molecule has 2 aromatic carbocycles. The van der Waals surface area contributed by atoms with E-state index in [2.05, 4.69) is 9.88 Å². The van der Waals surface area contributed by atoms with Gasteiger partial charge in [-0.05, 0) is 47.0 Å². The molecular formula is C25H29N3O4S. The van der Waals surface area contributed by atoms with Crippen LogP contribution in [0.15, 0.2) is 73.1 Å². The lowest BCUT2D eigenvalue weighted by Gasteiger charge is -2.41. The van der Waals surface area contributed by atoms with Gasteiger partial charge >= 0.3 is 0 Å². The molecule has 33 heavy (non-hydrogen) atoms. The van der Waals surface area contributed by atoms with E-state index in [9.17, 15) is 8.42 Å². The van der Waals surface area contributed by atoms with Crippen LogP contribution in [0.2, 0.25) is 0 Å². The third-order valence-electron chi connectivity index (χ3n) is 5.87. The van der Waals surface area contributed by atoms with E-state index in [-0.39, 0.29) is 0 Å². The molecule has 3 aromatic rings. The predicted molar refractivity (Wildman–Crippen MR) is 127 cm³/mol. The minimum atomic E-state index is -3.50. The van der Waals surface area contributed by atoms with Crippen LogP contribution in [0.4, 0.5) is 0 Å². The first-order valence-electron chi connectivity index (χ1n) is 10.8. The molecule has 4 rings (SSSR count). The Morgan fingerprint density at radius 1 is 0.879 bits per heavy atom. The van der Waals surface area contributed by atoms with Crippen molar-refractivity contribution < 1.29 is 17.9 Å². The fraction of sp³-hybridized carbons (Fsp3) is 0.320. The highest BCUT2D eigenvalue weighted by Crippen LogP contribution is 2.26. The number of hydrogen-bond acceptors (Lipinski definition) is 6. The Labute approximate surface area is 195 Å². The summed E-state index contributed by atoms with van der Waals surface area (Å²) in [5, 5.41) is -0.425. The zero-order chi connectivity index (χ0) is 23.3. The highest BCUT2D eigenvalue weighted by Gasteiger charge is 2.40. The Hall–Kier alpha value is -2.94. The number of methoxy groups -OCH3 is 2. The third kappa shape index (κ3) is 5.71. The summed E-state index contributed by atoms with van der Waals surface area (Å²) in [5.74, 6) is 1.49. The molecule has 0 bridgehead atoms. The Bertz CT molecular complexity index is 1080. The van der Waals surface area contributed by atoms with E-state index < -0.39 is 15.3 Å². The number of aromatic nitrogens is 1. The Morgan fingerprint density at radius 2 is 1.42 bits per heavy atom. The van der Waals surface area contributed by atoms with E-state index in [1.807, 2.05) is 66.9 Å². The minimum Gasteiger partial charge on any atom is -0.497 e. The van der Waals surface area contributed by atoms with Gasteiger partial charge in [0.1, 0.15) is 16.7 Å². The van der Waals surface area contributed by atoms with Crippen molar-refractivity contribution >= 4 is 10.0 Å². The van der Waals surface area contributed by atoms with Crippen molar-refractivity contribution in [1.29, 1.82) is 0 Å². The van der Waals surface area contributed by atoms with Gasteiger partial charge < -0.3 is 9.47 Å². The summed E-state index contributed by atoms with van der Waals surface area (Å²) in [4.78, 5) is 6.28. The fourth-order valence-electron chi connectivity index (χ4n) is 3.91. The topological polar surface area (TPSA) is 72.0 Å². The second-order valence-electron chi connectivity index (χ2n) is 8.19. The SMILES string of the molecule is COc1ccc(CN(Cc2ccc(OC)cc2)S(=O)(=O)C2CN(Cc3cccnc3)C2)cc1. The number of benzene rings is 2. The highest BCUT2D eigenvalue weighted by atomic mass is 32.2. The quantitative estimate of drug-likeness (QED) is 0.456. The summed E-state index contributed by atoms with van der Waals surface area (Å²) in [6.07, 6.45) is 3.56. The maximum atomic E-state index is 13.6. The summed E-state index contributed by atoms with van der Waals surface area (Å²) < 4.78 is 39.3. The standard InChI is InChI=1S/C25H29N3O4S/c1-31-23-9-5-20(6-10-23)16-28(17-21-7-11-24(32-2)12-8-21)33(29,30)25-18-27(19-25)15-22-4-3-13-26-14-22/h3-14,25H,15-19H2,1-2H3. The molecule has 0 spiro atoms. The first kappa shape index (κ1) is 23.2. The first-order valence-corrected chi connectivity index (χ1v) is 12.3. The van der Waals surface area contributed by atoms with Crippen molar-refractivity contribution in [3.63, 3.8) is 0 Å². The van der Waals surface area contributed by atoms with Crippen LogP contribution in [0, 0.1) is 0 Å². The van der Waals surface area contributed by atoms with Gasteiger partial charge in [0.2, 0.25) is 10.0 Å². The molecule has 1 saturated heterocycles. The molecule has 1 aliphatic rings. The number of ether oxygens (including phenoxy) is 2. The molecule has 1 aromatic heterocycles. The molecule has 0 aliphatic carbocycles. The van der Waals surface area contributed by atoms with E-state index in [4.69, 9.17) is 9.47 Å². The molecule has 8 heteroatoms. The van der Waals surface area contributed by atoms with Crippen molar-refractivity contribution in [2.75, 3.05) is 27.3 Å². The van der Waals surface area contributed by atoms with Crippen LogP contribution in [0.1, 0.15) is 16.7 Å². The van der Waals surface area contributed by atoms with Crippen molar-refractivity contribution in [1.82, 2.24) is 14.2 Å². The van der Waals surface area contributed by atoms with Gasteiger partial charge in [-0.2, -0.15) is 4.31 Å². The van der Waals surface area contributed by atoms with E-state index in [1.165, 1.54) is 0 Å². The van der Waals surface area contributed by atoms with Crippen molar-refractivity contribution in [3.05, 3.63) is 89.7 Å². The van der Waals surface area contributed by atoms with Gasteiger partial charge in [0.05, 0.1) is 14.2 Å². The summed E-state index contributed by atoms with van der Waals surface area (Å²) in [5.41, 5.74) is 2.92. The largest absolute Gasteiger partial charge is 0.497 e. The first-order chi connectivity index (χ1) is 16.0. The Kier molecular flexibility index (Phi) is 7.27. The Balaban J connectivity index is 1.49. The van der Waals surface area contributed by atoms with Gasteiger partial charge in [-0.15, -0.1) is 0 Å². The van der Waals surface area contributed by atoms with Gasteiger partial charge in [-0.3, -0.25) is 9.88 Å². The molecule has 0 radical (unpaired) electrons. The van der Waals surface area contributed by atoms with Crippen molar-refractivity contribution in [2.45, 2.75) is 24.9 Å². The average molecular weight is 468 g/mol. The minimum absolute atomic E-state index is 0.303. The van der Waals surface area contributed by atoms with E-state index in [0.717, 1.165) is 28.2 Å². The normalized spacial score (nSPS) is 14.8. The maximum absolute atomic E-state index is 13.6. The smallest absolute Gasteiger partial charge is 0.220 e. The summed E-state index contributed by atoms with van der Waals surface area (Å²) >= 11 is 0. The molecule has 0 atom stereocenters. The number of hydrogen-bond donors (Lipinski definition) is 0. The molecule has 2 heterocycles. The number of nitrogens with zero attached hydrogens (tertiary/aromatic N) is 3. The molecule has 0 N–H and O–H groups in total. The average Bonchev–Trinajstić information content (AvgIpc) is 2.82. The Morgan fingerprint density at radius 3 is 1.88 bits per heavy atom. The number of sulfonamides is 1. The number of rotatable bonds is 10. The van der Waals surface area contributed by atoms with Crippen molar-refractivity contribution in [2.24, 2.45) is 0 Å². The molecule has 0 amide bonds. The predicted octanol–water partition coefficient (Wildman–Crippen LogP) is 3.32. The zero-order valence-corrected chi connectivity index (χ0v) is 19.7. The van der Waals surface area contributed by atoms with Crippen LogP contribution >= 0.6 is 0 Å². The molecule has 1 fully saturated rings. The molecule has 0 unspecified atom stereocenters. The monoisotopic (exact) mass is 467 g/mol. The van der Waals surface area contributed by atoms with Crippen LogP contribution in [0.25, 0.3) is 0 Å². The van der Waals surface area contributed by atoms with Crippen molar-refractivity contribution in [3.8, 4) is 11.5 Å². The van der Waals surface area contributed by atoms with Gasteiger partial charge in [0.25, 0.3) is 0 Å². The molecule has 1 aliphatic heterocycles. The van der Waals surface area contributed by atoms with Crippen LogP contribution in [0.3, 0.4) is 0 Å². The summed E-state index contributed by atoms with van der Waals surface area (Å²) in [7, 11) is -0.275. The van der Waals surface area contributed by atoms with Crippen LogP contribution in [-0.2, 0) is 29.7 Å². The molecular weight excluding hydrogens is 438 g/mol. The van der Waals surface area contributed by atoms with Gasteiger partial charge in [0, 0.05) is 45.1 Å². The van der Waals surface area contributed by atoms with E-state index in [0.29, 0.717) is 32.7 Å². The number of pyridine rings is 1. The van der Waals surface area contributed by atoms with E-state index in [1.54, 1.807) is 24.7 Å². The van der Waals surface area contributed by atoms with Crippen LogP contribution in [0.5, 0.6) is 11.5 Å². The van der Waals surface area contributed by atoms with Crippen LogP contribution in [-0.4, -0.2) is 55.2 Å². The second-order valence-corrected chi connectivity index (χ2v) is 10.4. The zero-order valence-electron chi connectivity index (χ0n) is 18.9.